The molecule has 2 atom stereocenters. The topological polar surface area (TPSA) is 103 Å². The molecule has 5 N–H and O–H groups in total. The first-order valence-electron chi connectivity index (χ1n) is 4.98. The fourth-order valence-electron chi connectivity index (χ4n) is 2.02. The summed E-state index contributed by atoms with van der Waals surface area (Å²) in [5.74, 6) is 0. The average Bonchev–Trinajstić information content (AvgIpc) is 2.66. The van der Waals surface area contributed by atoms with Gasteiger partial charge >= 0.3 is 5.69 Å². The smallest absolute Gasteiger partial charge is 0.325 e. The zero-order valence-electron chi connectivity index (χ0n) is 8.19. The molecule has 15 heavy (non-hydrogen) atoms. The molecule has 6 nitrogen and oxygen atoms in total. The molecule has 2 heterocycles. The van der Waals surface area contributed by atoms with E-state index in [1.54, 1.807) is 0 Å². The molecule has 0 radical (unpaired) electrons. The van der Waals surface area contributed by atoms with E-state index in [1.807, 2.05) is 5.32 Å². The van der Waals surface area contributed by atoms with Crippen LogP contribution in [-0.4, -0.2) is 27.7 Å². The predicted molar refractivity (Wildman–Crippen MR) is 52.5 cm³/mol. The van der Waals surface area contributed by atoms with E-state index in [4.69, 9.17) is 5.11 Å². The van der Waals surface area contributed by atoms with Crippen molar-refractivity contribution in [1.29, 1.82) is 0 Å². The van der Waals surface area contributed by atoms with Crippen molar-refractivity contribution in [1.82, 2.24) is 9.97 Å². The summed E-state index contributed by atoms with van der Waals surface area (Å²) < 4.78 is 0. The van der Waals surface area contributed by atoms with Crippen molar-refractivity contribution in [2.24, 2.45) is 0 Å². The Morgan fingerprint density at radius 3 is 2.87 bits per heavy atom. The van der Waals surface area contributed by atoms with Crippen LogP contribution in [0.2, 0.25) is 0 Å². The summed E-state index contributed by atoms with van der Waals surface area (Å²) in [4.78, 5) is 26.9. The second-order valence-electron chi connectivity index (χ2n) is 3.85. The molecular weight excluding hydrogens is 198 g/mol. The summed E-state index contributed by atoms with van der Waals surface area (Å²) in [7, 11) is 0. The molecule has 1 fully saturated rings. The minimum Gasteiger partial charge on any atom is -0.390 e. The molecule has 2 rings (SSSR count). The van der Waals surface area contributed by atoms with Crippen LogP contribution in [0.3, 0.4) is 0 Å². The van der Waals surface area contributed by atoms with Crippen molar-refractivity contribution in [3.05, 3.63) is 32.6 Å². The van der Waals surface area contributed by atoms with Gasteiger partial charge in [0.25, 0.3) is 5.56 Å². The first-order valence-corrected chi connectivity index (χ1v) is 4.98. The van der Waals surface area contributed by atoms with Gasteiger partial charge in [-0.3, -0.25) is 9.78 Å². The SMILES string of the molecule is O=c1[nH]cc([C@@H]2CC[C@@H](CO)[NH2+]2)c(=O)[nH]1. The number of aliphatic hydroxyl groups excluding tert-OH is 1. The minimum atomic E-state index is -0.486. The Balaban J connectivity index is 2.24. The van der Waals surface area contributed by atoms with Crippen molar-refractivity contribution in [3.8, 4) is 0 Å². The number of nitrogens with two attached hydrogens (primary N) is 1. The van der Waals surface area contributed by atoms with Crippen molar-refractivity contribution in [2.75, 3.05) is 6.61 Å². The van der Waals surface area contributed by atoms with Crippen molar-refractivity contribution < 1.29 is 10.4 Å². The fraction of sp³-hybridized carbons (Fsp3) is 0.556. The molecule has 1 aromatic heterocycles. The molecule has 0 bridgehead atoms. The Morgan fingerprint density at radius 1 is 1.47 bits per heavy atom. The summed E-state index contributed by atoms with van der Waals surface area (Å²) in [5.41, 5.74) is -0.246. The first kappa shape index (κ1) is 10.1. The summed E-state index contributed by atoms with van der Waals surface area (Å²) in [6, 6.07) is 0.212. The lowest BCUT2D eigenvalue weighted by Crippen LogP contribution is -2.88. The van der Waals surface area contributed by atoms with Gasteiger partial charge in [-0.25, -0.2) is 4.79 Å². The molecule has 1 aromatic rings. The van der Waals surface area contributed by atoms with E-state index in [9.17, 15) is 9.59 Å². The third kappa shape index (κ3) is 2.00. The van der Waals surface area contributed by atoms with Crippen molar-refractivity contribution in [2.45, 2.75) is 24.9 Å². The number of hydrogen-bond acceptors (Lipinski definition) is 3. The normalized spacial score (nSPS) is 25.7. The molecule has 82 valence electrons. The summed E-state index contributed by atoms with van der Waals surface area (Å²) in [5, 5.41) is 10.9. The molecule has 1 saturated heterocycles. The van der Waals surface area contributed by atoms with Gasteiger partial charge in [0.05, 0.1) is 12.2 Å². The number of aromatic nitrogens is 2. The molecule has 6 heteroatoms. The van der Waals surface area contributed by atoms with Crippen LogP contribution >= 0.6 is 0 Å². The van der Waals surface area contributed by atoms with Crippen LogP contribution in [0.25, 0.3) is 0 Å². The highest BCUT2D eigenvalue weighted by atomic mass is 16.3. The van der Waals surface area contributed by atoms with Crippen LogP contribution in [0.1, 0.15) is 24.4 Å². The number of H-pyrrole nitrogens is 2. The van der Waals surface area contributed by atoms with E-state index in [2.05, 4.69) is 9.97 Å². The maximum absolute atomic E-state index is 11.5. The quantitative estimate of drug-likeness (QED) is 0.448. The van der Waals surface area contributed by atoms with Gasteiger partial charge in [0, 0.05) is 19.0 Å². The standard InChI is InChI=1S/C9H13N3O3/c13-4-5-1-2-7(11-5)6-3-10-9(15)12-8(6)14/h3,5,7,11,13H,1-2,4H2,(H2,10,12,14,15)/p+1/t5-,7-/m0/s1. The van der Waals surface area contributed by atoms with Gasteiger partial charge in [-0.15, -0.1) is 0 Å². The van der Waals surface area contributed by atoms with E-state index < -0.39 is 5.69 Å². The Bertz CT molecular complexity index is 450. The first-order chi connectivity index (χ1) is 7.20. The second kappa shape index (κ2) is 4.00. The third-order valence-corrected chi connectivity index (χ3v) is 2.83. The summed E-state index contributed by atoms with van der Waals surface area (Å²) in [6.45, 7) is 0.123. The number of aromatic amines is 2. The molecule has 1 aliphatic heterocycles. The Morgan fingerprint density at radius 2 is 2.27 bits per heavy atom. The van der Waals surface area contributed by atoms with Gasteiger partial charge in [-0.05, 0) is 0 Å². The second-order valence-corrected chi connectivity index (χ2v) is 3.85. The Hall–Kier alpha value is -1.40. The lowest BCUT2D eigenvalue weighted by atomic mass is 10.1. The van der Waals surface area contributed by atoms with Gasteiger partial charge in [-0.2, -0.15) is 0 Å². The summed E-state index contributed by atoms with van der Waals surface area (Å²) in [6.07, 6.45) is 3.20. The van der Waals surface area contributed by atoms with Gasteiger partial charge in [0.2, 0.25) is 0 Å². The Labute approximate surface area is 85.4 Å². The zero-order chi connectivity index (χ0) is 10.8. The van der Waals surface area contributed by atoms with Crippen LogP contribution in [-0.2, 0) is 0 Å². The molecule has 0 aliphatic carbocycles. The van der Waals surface area contributed by atoms with Crippen LogP contribution < -0.4 is 16.6 Å². The maximum atomic E-state index is 11.5. The van der Waals surface area contributed by atoms with Crippen LogP contribution in [0.5, 0.6) is 0 Å². The van der Waals surface area contributed by atoms with E-state index in [0.29, 0.717) is 5.56 Å². The molecule has 0 saturated carbocycles. The van der Waals surface area contributed by atoms with Gasteiger partial charge in [0.1, 0.15) is 12.1 Å². The highest BCUT2D eigenvalue weighted by molar-refractivity contribution is 5.07. The average molecular weight is 212 g/mol. The van der Waals surface area contributed by atoms with E-state index in [1.165, 1.54) is 6.20 Å². The predicted octanol–water partition coefficient (Wildman–Crippen LogP) is -2.18. The number of rotatable bonds is 2. The highest BCUT2D eigenvalue weighted by Crippen LogP contribution is 2.15. The molecule has 0 spiro atoms. The van der Waals surface area contributed by atoms with Crippen LogP contribution in [0.4, 0.5) is 0 Å². The molecular formula is C9H14N3O3+. The molecule has 0 aromatic carbocycles. The van der Waals surface area contributed by atoms with E-state index >= 15 is 0 Å². The Kier molecular flexibility index (Phi) is 2.70. The number of aliphatic hydroxyl groups is 1. The molecule has 0 unspecified atom stereocenters. The molecule has 1 aliphatic rings. The van der Waals surface area contributed by atoms with Gasteiger partial charge in [0.15, 0.2) is 0 Å². The fourth-order valence-corrected chi connectivity index (χ4v) is 2.02. The van der Waals surface area contributed by atoms with Gasteiger partial charge in [-0.1, -0.05) is 0 Å². The monoisotopic (exact) mass is 212 g/mol. The van der Waals surface area contributed by atoms with E-state index in [-0.39, 0.29) is 24.2 Å². The van der Waals surface area contributed by atoms with Gasteiger partial charge < -0.3 is 15.4 Å². The lowest BCUT2D eigenvalue weighted by molar-refractivity contribution is -0.709. The van der Waals surface area contributed by atoms with Crippen molar-refractivity contribution >= 4 is 0 Å². The van der Waals surface area contributed by atoms with Crippen molar-refractivity contribution in [3.63, 3.8) is 0 Å². The number of nitrogens with one attached hydrogen (secondary N) is 2. The lowest BCUT2D eigenvalue weighted by Gasteiger charge is -2.07. The zero-order valence-corrected chi connectivity index (χ0v) is 8.19. The summed E-state index contributed by atoms with van der Waals surface area (Å²) >= 11 is 0. The minimum absolute atomic E-state index is 0.0442. The molecule has 0 amide bonds. The van der Waals surface area contributed by atoms with Crippen LogP contribution in [0, 0.1) is 0 Å². The highest BCUT2D eigenvalue weighted by Gasteiger charge is 2.30. The largest absolute Gasteiger partial charge is 0.390 e. The number of quaternary nitrogens is 1. The van der Waals surface area contributed by atoms with E-state index in [0.717, 1.165) is 12.8 Å². The third-order valence-electron chi connectivity index (χ3n) is 2.83. The maximum Gasteiger partial charge on any atom is 0.325 e. The number of hydrogen-bond donors (Lipinski definition) is 4. The van der Waals surface area contributed by atoms with Crippen LogP contribution in [0.15, 0.2) is 15.8 Å².